The first-order chi connectivity index (χ1) is 7.83. The van der Waals surface area contributed by atoms with Gasteiger partial charge >= 0.3 is 0 Å². The standard InChI is InChI=1S/C10H10N6/c1-12-10-8(3-2-4-13-10)6-16-7-14-9(5-11)15-16/h2-4,7H,6H2,1H3,(H,12,13). The molecule has 0 saturated heterocycles. The molecule has 0 aliphatic heterocycles. The van der Waals surface area contributed by atoms with Gasteiger partial charge in [0.1, 0.15) is 18.2 Å². The third-order valence-corrected chi connectivity index (χ3v) is 2.10. The van der Waals surface area contributed by atoms with Crippen LogP contribution in [-0.4, -0.2) is 26.8 Å². The zero-order chi connectivity index (χ0) is 11.4. The van der Waals surface area contributed by atoms with Crippen molar-refractivity contribution in [3.05, 3.63) is 36.0 Å². The van der Waals surface area contributed by atoms with Crippen LogP contribution in [0.4, 0.5) is 5.82 Å². The Hall–Kier alpha value is -2.42. The monoisotopic (exact) mass is 214 g/mol. The second-order valence-electron chi connectivity index (χ2n) is 3.14. The van der Waals surface area contributed by atoms with Crippen LogP contribution in [0.3, 0.4) is 0 Å². The second kappa shape index (κ2) is 4.40. The third-order valence-electron chi connectivity index (χ3n) is 2.10. The molecule has 6 heteroatoms. The van der Waals surface area contributed by atoms with Gasteiger partial charge in [0, 0.05) is 18.8 Å². The fourth-order valence-corrected chi connectivity index (χ4v) is 1.39. The van der Waals surface area contributed by atoms with Crippen LogP contribution in [0.5, 0.6) is 0 Å². The summed E-state index contributed by atoms with van der Waals surface area (Å²) in [6.07, 6.45) is 3.25. The van der Waals surface area contributed by atoms with Gasteiger partial charge in [0.25, 0.3) is 5.82 Å². The molecule has 0 aliphatic carbocycles. The van der Waals surface area contributed by atoms with Gasteiger partial charge in [-0.3, -0.25) is 0 Å². The minimum absolute atomic E-state index is 0.176. The normalized spacial score (nSPS) is 9.75. The van der Waals surface area contributed by atoms with E-state index in [4.69, 9.17) is 5.26 Å². The van der Waals surface area contributed by atoms with Crippen LogP contribution in [0, 0.1) is 11.3 Å². The third kappa shape index (κ3) is 1.98. The van der Waals surface area contributed by atoms with Crippen molar-refractivity contribution in [1.82, 2.24) is 19.7 Å². The van der Waals surface area contributed by atoms with E-state index in [1.807, 2.05) is 25.2 Å². The molecule has 0 amide bonds. The molecule has 0 atom stereocenters. The molecule has 0 bridgehead atoms. The first-order valence-corrected chi connectivity index (χ1v) is 4.74. The van der Waals surface area contributed by atoms with Crippen molar-refractivity contribution in [2.45, 2.75) is 6.54 Å². The Kier molecular flexibility index (Phi) is 2.78. The molecule has 1 N–H and O–H groups in total. The fraction of sp³-hybridized carbons (Fsp3) is 0.200. The summed E-state index contributed by atoms with van der Waals surface area (Å²) in [5, 5.41) is 15.6. The Morgan fingerprint density at radius 1 is 1.50 bits per heavy atom. The highest BCUT2D eigenvalue weighted by Crippen LogP contribution is 2.11. The summed E-state index contributed by atoms with van der Waals surface area (Å²) in [5.41, 5.74) is 0.999. The Labute approximate surface area is 92.6 Å². The number of rotatable bonds is 3. The summed E-state index contributed by atoms with van der Waals surface area (Å²) in [4.78, 5) is 8.02. The molecule has 0 spiro atoms. The summed E-state index contributed by atoms with van der Waals surface area (Å²) in [6, 6.07) is 5.70. The summed E-state index contributed by atoms with van der Waals surface area (Å²) in [7, 11) is 1.81. The lowest BCUT2D eigenvalue weighted by Crippen LogP contribution is -2.05. The maximum atomic E-state index is 8.60. The van der Waals surface area contributed by atoms with E-state index in [-0.39, 0.29) is 5.82 Å². The average Bonchev–Trinajstić information content (AvgIpc) is 2.77. The fourth-order valence-electron chi connectivity index (χ4n) is 1.39. The number of nitriles is 1. The lowest BCUT2D eigenvalue weighted by Gasteiger charge is -2.06. The summed E-state index contributed by atoms with van der Waals surface area (Å²) in [6.45, 7) is 0.540. The number of nitrogens with zero attached hydrogens (tertiary/aromatic N) is 5. The molecule has 0 aliphatic rings. The number of hydrogen-bond acceptors (Lipinski definition) is 5. The molecule has 80 valence electrons. The number of anilines is 1. The summed E-state index contributed by atoms with van der Waals surface area (Å²) in [5.74, 6) is 0.978. The van der Waals surface area contributed by atoms with Crippen molar-refractivity contribution < 1.29 is 0 Å². The molecule has 2 aromatic rings. The van der Waals surface area contributed by atoms with E-state index in [2.05, 4.69) is 20.4 Å². The van der Waals surface area contributed by atoms with E-state index >= 15 is 0 Å². The molecule has 0 fully saturated rings. The largest absolute Gasteiger partial charge is 0.373 e. The summed E-state index contributed by atoms with van der Waals surface area (Å²) < 4.78 is 1.61. The van der Waals surface area contributed by atoms with Crippen LogP contribution in [-0.2, 0) is 6.54 Å². The maximum Gasteiger partial charge on any atom is 0.252 e. The van der Waals surface area contributed by atoms with E-state index in [0.29, 0.717) is 6.54 Å². The zero-order valence-electron chi connectivity index (χ0n) is 8.75. The van der Waals surface area contributed by atoms with Crippen LogP contribution < -0.4 is 5.32 Å². The molecule has 6 nitrogen and oxygen atoms in total. The molecule has 0 unspecified atom stereocenters. The number of hydrogen-bond donors (Lipinski definition) is 1. The van der Waals surface area contributed by atoms with Crippen LogP contribution in [0.1, 0.15) is 11.4 Å². The van der Waals surface area contributed by atoms with E-state index < -0.39 is 0 Å². The minimum atomic E-state index is 0.176. The van der Waals surface area contributed by atoms with Crippen molar-refractivity contribution in [1.29, 1.82) is 5.26 Å². The molecule has 2 heterocycles. The molecule has 16 heavy (non-hydrogen) atoms. The first kappa shape index (κ1) is 10.1. The van der Waals surface area contributed by atoms with Gasteiger partial charge in [-0.1, -0.05) is 6.07 Å². The van der Waals surface area contributed by atoms with E-state index in [1.165, 1.54) is 6.33 Å². The molecule has 0 aromatic carbocycles. The van der Waals surface area contributed by atoms with Crippen molar-refractivity contribution in [2.75, 3.05) is 12.4 Å². The molecular formula is C10H10N6. The van der Waals surface area contributed by atoms with Gasteiger partial charge in [-0.2, -0.15) is 5.26 Å². The van der Waals surface area contributed by atoms with Crippen LogP contribution >= 0.6 is 0 Å². The Balaban J connectivity index is 2.23. The quantitative estimate of drug-likeness (QED) is 0.810. The highest BCUT2D eigenvalue weighted by molar-refractivity contribution is 5.42. The Morgan fingerprint density at radius 3 is 3.06 bits per heavy atom. The predicted octanol–water partition coefficient (Wildman–Crippen LogP) is 0.635. The SMILES string of the molecule is CNc1ncccc1Cn1cnc(C#N)n1. The number of pyridine rings is 1. The maximum absolute atomic E-state index is 8.60. The molecule has 2 aromatic heterocycles. The molecule has 2 rings (SSSR count). The number of nitrogens with one attached hydrogen (secondary N) is 1. The lowest BCUT2D eigenvalue weighted by molar-refractivity contribution is 0.681. The average molecular weight is 214 g/mol. The topological polar surface area (TPSA) is 79.4 Å². The van der Waals surface area contributed by atoms with Gasteiger partial charge in [-0.05, 0) is 6.07 Å². The van der Waals surface area contributed by atoms with Crippen LogP contribution in [0.2, 0.25) is 0 Å². The highest BCUT2D eigenvalue weighted by atomic mass is 15.3. The minimum Gasteiger partial charge on any atom is -0.373 e. The van der Waals surface area contributed by atoms with E-state index in [1.54, 1.807) is 10.9 Å². The van der Waals surface area contributed by atoms with Crippen molar-refractivity contribution in [2.24, 2.45) is 0 Å². The smallest absolute Gasteiger partial charge is 0.252 e. The van der Waals surface area contributed by atoms with E-state index in [0.717, 1.165) is 11.4 Å². The van der Waals surface area contributed by atoms with Gasteiger partial charge in [0.05, 0.1) is 6.54 Å². The van der Waals surface area contributed by atoms with Crippen molar-refractivity contribution >= 4 is 5.82 Å². The predicted molar refractivity (Wildman–Crippen MR) is 57.6 cm³/mol. The number of aromatic nitrogens is 4. The molecular weight excluding hydrogens is 204 g/mol. The van der Waals surface area contributed by atoms with Crippen LogP contribution in [0.25, 0.3) is 0 Å². The van der Waals surface area contributed by atoms with Gasteiger partial charge in [0.2, 0.25) is 0 Å². The van der Waals surface area contributed by atoms with Crippen LogP contribution in [0.15, 0.2) is 24.7 Å². The Bertz CT molecular complexity index is 524. The van der Waals surface area contributed by atoms with Gasteiger partial charge in [-0.15, -0.1) is 5.10 Å². The van der Waals surface area contributed by atoms with Gasteiger partial charge < -0.3 is 5.32 Å². The van der Waals surface area contributed by atoms with E-state index in [9.17, 15) is 0 Å². The highest BCUT2D eigenvalue weighted by Gasteiger charge is 2.04. The Morgan fingerprint density at radius 2 is 2.38 bits per heavy atom. The zero-order valence-corrected chi connectivity index (χ0v) is 8.75. The van der Waals surface area contributed by atoms with Crippen molar-refractivity contribution in [3.8, 4) is 6.07 Å². The summed E-state index contributed by atoms with van der Waals surface area (Å²) >= 11 is 0. The molecule has 0 radical (unpaired) electrons. The van der Waals surface area contributed by atoms with Gasteiger partial charge in [-0.25, -0.2) is 14.6 Å². The second-order valence-corrected chi connectivity index (χ2v) is 3.14. The molecule has 0 saturated carbocycles. The first-order valence-electron chi connectivity index (χ1n) is 4.74. The van der Waals surface area contributed by atoms with Gasteiger partial charge in [0.15, 0.2) is 0 Å². The van der Waals surface area contributed by atoms with Crippen molar-refractivity contribution in [3.63, 3.8) is 0 Å². The lowest BCUT2D eigenvalue weighted by atomic mass is 10.2.